The number of hydrogen-bond acceptors (Lipinski definition) is 1. The average Bonchev–Trinajstić information content (AvgIpc) is 2.97. The molecule has 1 heterocycles. The number of hydrogen-bond donors (Lipinski definition) is 3. The van der Waals surface area contributed by atoms with Crippen LogP contribution in [0.5, 0.6) is 0 Å². The number of anilines is 1. The number of carbonyl (C=O) groups is 1. The third kappa shape index (κ3) is 3.92. The number of aromatic amines is 1. The third-order valence-electron chi connectivity index (χ3n) is 3.92. The number of carbonyl (C=O) groups excluding carboxylic acids is 1. The first-order valence-electron chi connectivity index (χ1n) is 7.90. The van der Waals surface area contributed by atoms with E-state index < -0.39 is 0 Å². The van der Waals surface area contributed by atoms with Gasteiger partial charge in [-0.15, -0.1) is 0 Å². The topological polar surface area (TPSA) is 56.9 Å². The predicted octanol–water partition coefficient (Wildman–Crippen LogP) is 4.31. The maximum absolute atomic E-state index is 12.1. The molecule has 2 aromatic carbocycles. The van der Waals surface area contributed by atoms with Crippen molar-refractivity contribution in [2.24, 2.45) is 0 Å². The molecule has 0 spiro atoms. The molecule has 2 amide bonds. The molecular weight excluding hydrogens is 286 g/mol. The van der Waals surface area contributed by atoms with Crippen LogP contribution in [0.2, 0.25) is 0 Å². The van der Waals surface area contributed by atoms with Crippen molar-refractivity contribution in [3.05, 3.63) is 66.4 Å². The Kier molecular flexibility index (Phi) is 4.62. The van der Waals surface area contributed by atoms with E-state index in [0.29, 0.717) is 0 Å². The van der Waals surface area contributed by atoms with Gasteiger partial charge in [0.1, 0.15) is 0 Å². The van der Waals surface area contributed by atoms with E-state index in [-0.39, 0.29) is 12.1 Å². The van der Waals surface area contributed by atoms with Gasteiger partial charge in [0, 0.05) is 23.1 Å². The molecule has 0 radical (unpaired) electrons. The molecule has 3 N–H and O–H groups in total. The lowest BCUT2D eigenvalue weighted by atomic mass is 10.1. The van der Waals surface area contributed by atoms with E-state index in [9.17, 15) is 4.79 Å². The van der Waals surface area contributed by atoms with Crippen LogP contribution >= 0.6 is 0 Å². The molecule has 0 aliphatic heterocycles. The predicted molar refractivity (Wildman–Crippen MR) is 94.7 cm³/mol. The van der Waals surface area contributed by atoms with Crippen LogP contribution in [0, 0.1) is 0 Å². The molecule has 1 unspecified atom stereocenters. The van der Waals surface area contributed by atoms with Gasteiger partial charge in [0.05, 0.1) is 5.69 Å². The Labute approximate surface area is 135 Å². The minimum Gasteiger partial charge on any atom is -0.359 e. The lowest BCUT2D eigenvalue weighted by Crippen LogP contribution is -2.36. The summed E-state index contributed by atoms with van der Waals surface area (Å²) in [4.78, 5) is 15.3. The van der Waals surface area contributed by atoms with Crippen LogP contribution in [0.4, 0.5) is 10.5 Å². The van der Waals surface area contributed by atoms with Gasteiger partial charge in [-0.2, -0.15) is 0 Å². The fourth-order valence-corrected chi connectivity index (χ4v) is 2.66. The summed E-state index contributed by atoms with van der Waals surface area (Å²) in [5.74, 6) is 0. The van der Waals surface area contributed by atoms with Crippen LogP contribution < -0.4 is 10.6 Å². The lowest BCUT2D eigenvalue weighted by molar-refractivity contribution is 0.248. The highest BCUT2D eigenvalue weighted by atomic mass is 16.2. The summed E-state index contributed by atoms with van der Waals surface area (Å²) < 4.78 is 0. The number of para-hydroxylation sites is 1. The molecule has 23 heavy (non-hydrogen) atoms. The Hall–Kier alpha value is -2.75. The minimum absolute atomic E-state index is 0.111. The summed E-state index contributed by atoms with van der Waals surface area (Å²) in [5.41, 5.74) is 3.10. The van der Waals surface area contributed by atoms with E-state index >= 15 is 0 Å². The maximum atomic E-state index is 12.1. The van der Waals surface area contributed by atoms with Crippen LogP contribution in [0.25, 0.3) is 10.9 Å². The molecule has 1 atom stereocenters. The van der Waals surface area contributed by atoms with Crippen molar-refractivity contribution in [2.45, 2.75) is 25.8 Å². The molecule has 0 saturated heterocycles. The molecule has 0 fully saturated rings. The van der Waals surface area contributed by atoms with Crippen molar-refractivity contribution in [3.8, 4) is 0 Å². The van der Waals surface area contributed by atoms with E-state index in [4.69, 9.17) is 0 Å². The summed E-state index contributed by atoms with van der Waals surface area (Å²) >= 11 is 0. The van der Waals surface area contributed by atoms with Gasteiger partial charge in [-0.3, -0.25) is 0 Å². The Bertz CT molecular complexity index is 779. The fourth-order valence-electron chi connectivity index (χ4n) is 2.66. The molecule has 118 valence electrons. The number of H-pyrrole nitrogens is 1. The van der Waals surface area contributed by atoms with Gasteiger partial charge in [-0.25, -0.2) is 4.79 Å². The highest BCUT2D eigenvalue weighted by Crippen LogP contribution is 2.22. The van der Waals surface area contributed by atoms with Gasteiger partial charge in [0.15, 0.2) is 0 Å². The molecule has 3 rings (SSSR count). The summed E-state index contributed by atoms with van der Waals surface area (Å²) in [6.45, 7) is 2.03. The number of aryl methyl sites for hydroxylation is 1. The zero-order valence-corrected chi connectivity index (χ0v) is 13.2. The molecular formula is C19H21N3O. The summed E-state index contributed by atoms with van der Waals surface area (Å²) in [6, 6.07) is 18.2. The van der Waals surface area contributed by atoms with E-state index in [1.165, 1.54) is 5.56 Å². The Morgan fingerprint density at radius 2 is 1.83 bits per heavy atom. The van der Waals surface area contributed by atoms with Gasteiger partial charge < -0.3 is 15.6 Å². The molecule has 0 aliphatic rings. The highest BCUT2D eigenvalue weighted by Gasteiger charge is 2.10. The van der Waals surface area contributed by atoms with Crippen molar-refractivity contribution in [1.29, 1.82) is 0 Å². The first-order chi connectivity index (χ1) is 11.2. The van der Waals surface area contributed by atoms with Crippen molar-refractivity contribution < 1.29 is 4.79 Å². The molecule has 4 heteroatoms. The first kappa shape index (κ1) is 15.2. The van der Waals surface area contributed by atoms with Crippen LogP contribution in [-0.4, -0.2) is 17.1 Å². The molecule has 0 bridgehead atoms. The number of aromatic nitrogens is 1. The van der Waals surface area contributed by atoms with E-state index in [1.807, 2.05) is 55.6 Å². The third-order valence-corrected chi connectivity index (χ3v) is 3.92. The van der Waals surface area contributed by atoms with Gasteiger partial charge in [-0.05, 0) is 31.4 Å². The summed E-state index contributed by atoms with van der Waals surface area (Å²) in [5, 5.41) is 6.92. The molecule has 1 aromatic heterocycles. The number of urea groups is 1. The SMILES string of the molecule is CC(CCc1ccccc1)NC(=O)Nc1c[nH]c2ccccc12. The van der Waals surface area contributed by atoms with Crippen molar-refractivity contribution in [2.75, 3.05) is 5.32 Å². The zero-order valence-electron chi connectivity index (χ0n) is 13.2. The van der Waals surface area contributed by atoms with Gasteiger partial charge in [0.2, 0.25) is 0 Å². The normalized spacial score (nSPS) is 12.0. The molecule has 0 saturated carbocycles. The fraction of sp³-hybridized carbons (Fsp3) is 0.211. The van der Waals surface area contributed by atoms with E-state index in [2.05, 4.69) is 27.8 Å². The quantitative estimate of drug-likeness (QED) is 0.646. The second kappa shape index (κ2) is 7.01. The number of nitrogens with one attached hydrogen (secondary N) is 3. The summed E-state index contributed by atoms with van der Waals surface area (Å²) in [7, 11) is 0. The second-order valence-corrected chi connectivity index (χ2v) is 5.77. The lowest BCUT2D eigenvalue weighted by Gasteiger charge is -2.14. The monoisotopic (exact) mass is 307 g/mol. The van der Waals surface area contributed by atoms with Crippen molar-refractivity contribution in [1.82, 2.24) is 10.3 Å². The largest absolute Gasteiger partial charge is 0.359 e. The molecule has 4 nitrogen and oxygen atoms in total. The van der Waals surface area contributed by atoms with Gasteiger partial charge >= 0.3 is 6.03 Å². The molecule has 3 aromatic rings. The van der Waals surface area contributed by atoms with Gasteiger partial charge in [0.25, 0.3) is 0 Å². The average molecular weight is 307 g/mol. The Morgan fingerprint density at radius 1 is 1.09 bits per heavy atom. The van der Waals surface area contributed by atoms with E-state index in [0.717, 1.165) is 29.4 Å². The van der Waals surface area contributed by atoms with Crippen molar-refractivity contribution >= 4 is 22.6 Å². The standard InChI is InChI=1S/C19H21N3O/c1-14(11-12-15-7-3-2-4-8-15)21-19(23)22-18-13-20-17-10-6-5-9-16(17)18/h2-10,13-14,20H,11-12H2,1H3,(H2,21,22,23). The maximum Gasteiger partial charge on any atom is 0.319 e. The first-order valence-corrected chi connectivity index (χ1v) is 7.90. The van der Waals surface area contributed by atoms with Crippen molar-refractivity contribution in [3.63, 3.8) is 0 Å². The Morgan fingerprint density at radius 3 is 2.65 bits per heavy atom. The van der Waals surface area contributed by atoms with Crippen LogP contribution in [0.3, 0.4) is 0 Å². The minimum atomic E-state index is -0.171. The highest BCUT2D eigenvalue weighted by molar-refractivity contribution is 6.00. The van der Waals surface area contributed by atoms with E-state index in [1.54, 1.807) is 0 Å². The smallest absolute Gasteiger partial charge is 0.319 e. The summed E-state index contributed by atoms with van der Waals surface area (Å²) in [6.07, 6.45) is 3.68. The second-order valence-electron chi connectivity index (χ2n) is 5.77. The van der Waals surface area contributed by atoms with Crippen LogP contribution in [0.15, 0.2) is 60.8 Å². The van der Waals surface area contributed by atoms with Gasteiger partial charge in [-0.1, -0.05) is 48.5 Å². The number of amides is 2. The van der Waals surface area contributed by atoms with Crippen LogP contribution in [0.1, 0.15) is 18.9 Å². The Balaban J connectivity index is 1.52. The number of rotatable bonds is 5. The zero-order chi connectivity index (χ0) is 16.1. The molecule has 0 aliphatic carbocycles. The number of fused-ring (bicyclic) bond motifs is 1. The number of benzene rings is 2. The van der Waals surface area contributed by atoms with Crippen LogP contribution in [-0.2, 0) is 6.42 Å².